The van der Waals surface area contributed by atoms with Crippen LogP contribution in [-0.4, -0.2) is 4.57 Å². The number of anilines is 3. The lowest BCUT2D eigenvalue weighted by molar-refractivity contribution is 0.670. The van der Waals surface area contributed by atoms with E-state index >= 15 is 0 Å². The Morgan fingerprint density at radius 3 is 1.42 bits per heavy atom. The van der Waals surface area contributed by atoms with E-state index in [-0.39, 0.29) is 0 Å². The fourth-order valence-electron chi connectivity index (χ4n) is 10.1. The zero-order chi connectivity index (χ0) is 44.3. The second kappa shape index (κ2) is 16.0. The van der Waals surface area contributed by atoms with Gasteiger partial charge in [0.2, 0.25) is 0 Å². The normalized spacial score (nSPS) is 11.6. The Morgan fingerprint density at radius 2 is 0.746 bits per heavy atom. The second-order valence-electron chi connectivity index (χ2n) is 17.3. The van der Waals surface area contributed by atoms with Gasteiger partial charge in [0.15, 0.2) is 0 Å². The van der Waals surface area contributed by atoms with Crippen LogP contribution in [0.2, 0.25) is 0 Å². The van der Waals surface area contributed by atoms with Crippen molar-refractivity contribution in [3.63, 3.8) is 0 Å². The standard InChI is InChI=1S/C64H42N2O/c1-2-13-49-42-50(29-26-43(49)12-1)46-32-38-52(39-33-46)65(53-40-34-48(35-41-53)55-18-11-19-59-58-17-6-10-23-63(58)67-64(55)59)51-36-30-45(31-37-51)44-24-27-47(28-25-44)54-14-3-7-20-60(54)66-61-21-8-4-15-56(61)57-16-5-9-22-62(57)66/h1-42H. The summed E-state index contributed by atoms with van der Waals surface area (Å²) in [5.74, 6) is 0. The Bertz CT molecular complexity index is 3900. The van der Waals surface area contributed by atoms with E-state index in [0.717, 1.165) is 55.7 Å². The van der Waals surface area contributed by atoms with Crippen molar-refractivity contribution in [1.82, 2.24) is 4.57 Å². The number of furan rings is 1. The van der Waals surface area contributed by atoms with Gasteiger partial charge in [-0.05, 0) is 111 Å². The van der Waals surface area contributed by atoms with Crippen LogP contribution in [0.5, 0.6) is 0 Å². The van der Waals surface area contributed by atoms with Crippen LogP contribution in [0.25, 0.3) is 105 Å². The average molecular weight is 855 g/mol. The van der Waals surface area contributed by atoms with E-state index in [9.17, 15) is 0 Å². The summed E-state index contributed by atoms with van der Waals surface area (Å²) in [4.78, 5) is 2.34. The van der Waals surface area contributed by atoms with Crippen molar-refractivity contribution in [3.8, 4) is 50.2 Å². The number of nitrogens with zero attached hydrogens (tertiary/aromatic N) is 2. The van der Waals surface area contributed by atoms with E-state index < -0.39 is 0 Å². The lowest BCUT2D eigenvalue weighted by Crippen LogP contribution is -2.09. The third kappa shape index (κ3) is 6.67. The molecule has 13 rings (SSSR count). The molecule has 0 unspecified atom stereocenters. The summed E-state index contributed by atoms with van der Waals surface area (Å²) in [5, 5.41) is 7.27. The van der Waals surface area contributed by atoms with E-state index in [1.54, 1.807) is 0 Å². The SMILES string of the molecule is c1ccc(-n2c3ccccc3c3ccccc32)c(-c2ccc(-c3ccc(N(c4ccc(-c5ccc6ccccc6c5)cc4)c4ccc(-c5cccc6c5oc5ccccc56)cc4)cc3)cc2)c1. The highest BCUT2D eigenvalue weighted by molar-refractivity contribution is 6.11. The van der Waals surface area contributed by atoms with Crippen LogP contribution in [0.4, 0.5) is 17.1 Å². The van der Waals surface area contributed by atoms with Crippen LogP contribution in [-0.2, 0) is 0 Å². The van der Waals surface area contributed by atoms with Gasteiger partial charge in [-0.15, -0.1) is 0 Å². The van der Waals surface area contributed by atoms with Crippen LogP contribution in [0.3, 0.4) is 0 Å². The van der Waals surface area contributed by atoms with E-state index in [0.29, 0.717) is 0 Å². The Balaban J connectivity index is 0.846. The summed E-state index contributed by atoms with van der Waals surface area (Å²) in [6, 6.07) is 91.8. The highest BCUT2D eigenvalue weighted by Crippen LogP contribution is 2.41. The van der Waals surface area contributed by atoms with Crippen molar-refractivity contribution in [2.75, 3.05) is 4.90 Å². The first-order valence-corrected chi connectivity index (χ1v) is 22.9. The van der Waals surface area contributed by atoms with Gasteiger partial charge in [-0.1, -0.05) is 188 Å². The maximum absolute atomic E-state index is 6.44. The largest absolute Gasteiger partial charge is 0.455 e. The number of fused-ring (bicyclic) bond motifs is 7. The molecule has 13 aromatic rings. The first kappa shape index (κ1) is 38.5. The third-order valence-corrected chi connectivity index (χ3v) is 13.4. The Hall–Kier alpha value is -8.92. The summed E-state index contributed by atoms with van der Waals surface area (Å²) in [7, 11) is 0. The first-order chi connectivity index (χ1) is 33.2. The lowest BCUT2D eigenvalue weighted by atomic mass is 9.98. The monoisotopic (exact) mass is 854 g/mol. The molecule has 0 saturated carbocycles. The van der Waals surface area contributed by atoms with Gasteiger partial charge in [0.25, 0.3) is 0 Å². The molecule has 11 aromatic carbocycles. The van der Waals surface area contributed by atoms with Crippen LogP contribution >= 0.6 is 0 Å². The molecule has 0 radical (unpaired) electrons. The highest BCUT2D eigenvalue weighted by atomic mass is 16.3. The minimum absolute atomic E-state index is 0.903. The van der Waals surface area contributed by atoms with Gasteiger partial charge in [-0.3, -0.25) is 0 Å². The quantitative estimate of drug-likeness (QED) is 0.152. The predicted octanol–water partition coefficient (Wildman–Crippen LogP) is 18.0. The minimum Gasteiger partial charge on any atom is -0.455 e. The molecule has 0 fully saturated rings. The number of rotatable bonds is 8. The molecule has 0 N–H and O–H groups in total. The smallest absolute Gasteiger partial charge is 0.143 e. The molecule has 0 amide bonds. The van der Waals surface area contributed by atoms with Crippen molar-refractivity contribution in [2.24, 2.45) is 0 Å². The first-order valence-electron chi connectivity index (χ1n) is 22.9. The number of benzene rings is 11. The summed E-state index contributed by atoms with van der Waals surface area (Å²) in [6.07, 6.45) is 0. The third-order valence-electron chi connectivity index (χ3n) is 13.4. The van der Waals surface area contributed by atoms with E-state index in [1.807, 2.05) is 12.1 Å². The molecule has 67 heavy (non-hydrogen) atoms. The molecule has 2 heterocycles. The molecule has 0 spiro atoms. The molecule has 2 aromatic heterocycles. The van der Waals surface area contributed by atoms with E-state index in [4.69, 9.17) is 4.42 Å². The zero-order valence-corrected chi connectivity index (χ0v) is 36.6. The van der Waals surface area contributed by atoms with Gasteiger partial charge in [0.1, 0.15) is 11.2 Å². The van der Waals surface area contributed by atoms with Gasteiger partial charge < -0.3 is 13.9 Å². The molecule has 0 aliphatic heterocycles. The lowest BCUT2D eigenvalue weighted by Gasteiger charge is -2.26. The number of hydrogen-bond donors (Lipinski definition) is 0. The molecule has 0 bridgehead atoms. The maximum atomic E-state index is 6.44. The molecule has 3 nitrogen and oxygen atoms in total. The summed E-state index contributed by atoms with van der Waals surface area (Å²) in [5.41, 5.74) is 17.9. The fourth-order valence-corrected chi connectivity index (χ4v) is 10.1. The van der Waals surface area contributed by atoms with Crippen LogP contribution in [0.15, 0.2) is 259 Å². The molecule has 0 saturated heterocycles. The minimum atomic E-state index is 0.903. The summed E-state index contributed by atoms with van der Waals surface area (Å²) < 4.78 is 8.85. The second-order valence-corrected chi connectivity index (χ2v) is 17.3. The number of hydrogen-bond acceptors (Lipinski definition) is 2. The highest BCUT2D eigenvalue weighted by Gasteiger charge is 2.18. The summed E-state index contributed by atoms with van der Waals surface area (Å²) >= 11 is 0. The van der Waals surface area contributed by atoms with Crippen molar-refractivity contribution in [2.45, 2.75) is 0 Å². The van der Waals surface area contributed by atoms with E-state index in [1.165, 1.54) is 66.1 Å². The molecular formula is C64H42N2O. The van der Waals surface area contributed by atoms with Crippen LogP contribution < -0.4 is 4.90 Å². The molecule has 314 valence electrons. The zero-order valence-electron chi connectivity index (χ0n) is 36.6. The predicted molar refractivity (Wildman–Crippen MR) is 282 cm³/mol. The Kier molecular flexibility index (Phi) is 9.17. The Morgan fingerprint density at radius 1 is 0.299 bits per heavy atom. The fraction of sp³-hybridized carbons (Fsp3) is 0. The van der Waals surface area contributed by atoms with E-state index in [2.05, 4.69) is 252 Å². The van der Waals surface area contributed by atoms with Crippen molar-refractivity contribution in [1.29, 1.82) is 0 Å². The average Bonchev–Trinajstić information content (AvgIpc) is 3.95. The topological polar surface area (TPSA) is 21.3 Å². The van der Waals surface area contributed by atoms with Crippen LogP contribution in [0, 0.1) is 0 Å². The van der Waals surface area contributed by atoms with Crippen molar-refractivity contribution in [3.05, 3.63) is 255 Å². The number of para-hydroxylation sites is 5. The maximum Gasteiger partial charge on any atom is 0.143 e. The van der Waals surface area contributed by atoms with Gasteiger partial charge in [0.05, 0.1) is 16.7 Å². The van der Waals surface area contributed by atoms with Crippen LogP contribution in [0.1, 0.15) is 0 Å². The molecular weight excluding hydrogens is 813 g/mol. The summed E-state index contributed by atoms with van der Waals surface area (Å²) in [6.45, 7) is 0. The van der Waals surface area contributed by atoms with Crippen molar-refractivity contribution >= 4 is 71.6 Å². The molecule has 3 heteroatoms. The molecule has 0 atom stereocenters. The molecule has 0 aliphatic carbocycles. The van der Waals surface area contributed by atoms with Gasteiger partial charge in [-0.2, -0.15) is 0 Å². The molecule has 0 aliphatic rings. The van der Waals surface area contributed by atoms with Crippen molar-refractivity contribution < 1.29 is 4.42 Å². The Labute approximate surface area is 388 Å². The van der Waals surface area contributed by atoms with Gasteiger partial charge in [-0.25, -0.2) is 0 Å². The van der Waals surface area contributed by atoms with Gasteiger partial charge in [0, 0.05) is 49.7 Å². The van der Waals surface area contributed by atoms with Gasteiger partial charge >= 0.3 is 0 Å². The number of aromatic nitrogens is 1.